The van der Waals surface area contributed by atoms with Crippen LogP contribution in [0.15, 0.2) is 48.7 Å². The van der Waals surface area contributed by atoms with E-state index in [0.717, 1.165) is 19.6 Å². The predicted molar refractivity (Wildman–Crippen MR) is 106 cm³/mol. The third kappa shape index (κ3) is 3.57. The summed E-state index contributed by atoms with van der Waals surface area (Å²) in [4.78, 5) is 5.97. The Hall–Kier alpha value is -2.26. The normalized spacial score (nSPS) is 16.4. The highest BCUT2D eigenvalue weighted by Gasteiger charge is 2.20. The molecule has 2 N–H and O–H groups in total. The van der Waals surface area contributed by atoms with Gasteiger partial charge in [0.25, 0.3) is 0 Å². The third-order valence-corrected chi connectivity index (χ3v) is 5.41. The number of hydrogen-bond donors (Lipinski definition) is 2. The average Bonchev–Trinajstić information content (AvgIpc) is 3.03. The van der Waals surface area contributed by atoms with Crippen LogP contribution in [0.5, 0.6) is 0 Å². The molecule has 0 bridgehead atoms. The molecular formula is C22H27N3. The number of likely N-dealkylation sites (tertiary alicyclic amines) is 1. The number of nitrogens with zero attached hydrogens (tertiary/aromatic N) is 1. The fraction of sp³-hybridized carbons (Fsp3) is 0.364. The van der Waals surface area contributed by atoms with Gasteiger partial charge in [-0.1, -0.05) is 30.3 Å². The molecule has 1 aromatic heterocycles. The number of fused-ring (bicyclic) bond motifs is 1. The van der Waals surface area contributed by atoms with Crippen molar-refractivity contribution < 1.29 is 0 Å². The van der Waals surface area contributed by atoms with Gasteiger partial charge in [0.2, 0.25) is 0 Å². The average molecular weight is 333 g/mol. The first-order valence-electron chi connectivity index (χ1n) is 9.30. The highest BCUT2D eigenvalue weighted by atomic mass is 15.1. The lowest BCUT2D eigenvalue weighted by molar-refractivity contribution is 0.212. The van der Waals surface area contributed by atoms with Crippen molar-refractivity contribution in [3.63, 3.8) is 0 Å². The Morgan fingerprint density at radius 3 is 2.72 bits per heavy atom. The molecule has 0 saturated carbocycles. The molecule has 1 aliphatic heterocycles. The number of aryl methyl sites for hydroxylation is 2. The van der Waals surface area contributed by atoms with Crippen molar-refractivity contribution >= 4 is 16.6 Å². The number of benzene rings is 2. The van der Waals surface area contributed by atoms with E-state index in [1.54, 1.807) is 0 Å². The van der Waals surface area contributed by atoms with Crippen molar-refractivity contribution in [1.82, 2.24) is 9.88 Å². The molecule has 0 unspecified atom stereocenters. The van der Waals surface area contributed by atoms with Gasteiger partial charge in [0.15, 0.2) is 0 Å². The first kappa shape index (κ1) is 16.2. The first-order valence-corrected chi connectivity index (χ1v) is 9.30. The molecule has 3 heteroatoms. The lowest BCUT2D eigenvalue weighted by atomic mass is 10.0. The van der Waals surface area contributed by atoms with Crippen LogP contribution in [0, 0.1) is 13.8 Å². The molecule has 0 atom stereocenters. The van der Waals surface area contributed by atoms with Crippen molar-refractivity contribution in [2.75, 3.05) is 18.4 Å². The third-order valence-electron chi connectivity index (χ3n) is 5.41. The van der Waals surface area contributed by atoms with Gasteiger partial charge in [-0.05, 0) is 55.5 Å². The summed E-state index contributed by atoms with van der Waals surface area (Å²) in [7, 11) is 0. The molecule has 1 saturated heterocycles. The molecule has 1 aliphatic rings. The number of para-hydroxylation sites is 1. The Morgan fingerprint density at radius 1 is 1.08 bits per heavy atom. The minimum atomic E-state index is 0.583. The van der Waals surface area contributed by atoms with Crippen LogP contribution in [0.3, 0.4) is 0 Å². The second kappa shape index (κ2) is 6.93. The lowest BCUT2D eigenvalue weighted by Gasteiger charge is -2.33. The maximum Gasteiger partial charge on any atom is 0.0457 e. The largest absolute Gasteiger partial charge is 0.382 e. The summed E-state index contributed by atoms with van der Waals surface area (Å²) in [5, 5.41) is 5.13. The molecule has 0 amide bonds. The van der Waals surface area contributed by atoms with E-state index >= 15 is 0 Å². The van der Waals surface area contributed by atoms with E-state index in [0.29, 0.717) is 6.04 Å². The van der Waals surface area contributed by atoms with Gasteiger partial charge >= 0.3 is 0 Å². The summed E-state index contributed by atoms with van der Waals surface area (Å²) in [5.74, 6) is 0. The monoisotopic (exact) mass is 333 g/mol. The van der Waals surface area contributed by atoms with Gasteiger partial charge < -0.3 is 10.3 Å². The number of piperidine rings is 1. The number of nitrogens with one attached hydrogen (secondary N) is 2. The minimum Gasteiger partial charge on any atom is -0.382 e. The van der Waals surface area contributed by atoms with Gasteiger partial charge in [0.05, 0.1) is 0 Å². The highest BCUT2D eigenvalue weighted by molar-refractivity contribution is 5.82. The molecule has 3 aromatic rings. The van der Waals surface area contributed by atoms with Gasteiger partial charge in [0.1, 0.15) is 0 Å². The van der Waals surface area contributed by atoms with Crippen LogP contribution in [-0.2, 0) is 6.54 Å². The van der Waals surface area contributed by atoms with Crippen LogP contribution in [0.25, 0.3) is 10.9 Å². The van der Waals surface area contributed by atoms with Crippen LogP contribution >= 0.6 is 0 Å². The van der Waals surface area contributed by atoms with E-state index in [2.05, 4.69) is 77.7 Å². The van der Waals surface area contributed by atoms with E-state index < -0.39 is 0 Å². The number of hydrogen-bond acceptors (Lipinski definition) is 2. The Balaban J connectivity index is 1.36. The molecule has 3 nitrogen and oxygen atoms in total. The lowest BCUT2D eigenvalue weighted by Crippen LogP contribution is -2.38. The summed E-state index contributed by atoms with van der Waals surface area (Å²) in [6.07, 6.45) is 4.58. The molecular weight excluding hydrogens is 306 g/mol. The molecule has 0 aliphatic carbocycles. The second-order valence-electron chi connectivity index (χ2n) is 7.37. The maximum absolute atomic E-state index is 3.77. The molecule has 25 heavy (non-hydrogen) atoms. The summed E-state index contributed by atoms with van der Waals surface area (Å²) in [6.45, 7) is 7.70. The molecule has 0 radical (unpaired) electrons. The van der Waals surface area contributed by atoms with Crippen molar-refractivity contribution in [2.24, 2.45) is 0 Å². The van der Waals surface area contributed by atoms with Crippen molar-refractivity contribution in [3.8, 4) is 0 Å². The molecule has 0 spiro atoms. The van der Waals surface area contributed by atoms with Crippen molar-refractivity contribution in [1.29, 1.82) is 0 Å². The summed E-state index contributed by atoms with van der Waals surface area (Å²) >= 11 is 0. The summed E-state index contributed by atoms with van der Waals surface area (Å²) in [5.41, 5.74) is 6.62. The first-order chi connectivity index (χ1) is 12.2. The number of H-pyrrole nitrogens is 1. The Labute approximate surface area is 150 Å². The fourth-order valence-electron chi connectivity index (χ4n) is 3.85. The van der Waals surface area contributed by atoms with E-state index in [1.165, 1.54) is 46.1 Å². The van der Waals surface area contributed by atoms with E-state index in [4.69, 9.17) is 0 Å². The smallest absolute Gasteiger partial charge is 0.0457 e. The molecule has 130 valence electrons. The Bertz CT molecular complexity index is 857. The second-order valence-corrected chi connectivity index (χ2v) is 7.37. The topological polar surface area (TPSA) is 31.1 Å². The summed E-state index contributed by atoms with van der Waals surface area (Å²) in [6, 6.07) is 15.8. The Kier molecular flexibility index (Phi) is 4.50. The van der Waals surface area contributed by atoms with E-state index in [1.807, 2.05) is 0 Å². The summed E-state index contributed by atoms with van der Waals surface area (Å²) < 4.78 is 0. The number of aromatic nitrogens is 1. The quantitative estimate of drug-likeness (QED) is 0.714. The SMILES string of the molecule is Cc1ccc(C)c(NC2CCN(Cc3c[nH]c4ccccc34)CC2)c1. The van der Waals surface area contributed by atoms with Crippen LogP contribution < -0.4 is 5.32 Å². The zero-order chi connectivity index (χ0) is 17.2. The molecule has 2 aromatic carbocycles. The van der Waals surface area contributed by atoms with Gasteiger partial charge in [-0.15, -0.1) is 0 Å². The van der Waals surface area contributed by atoms with Crippen molar-refractivity contribution in [2.45, 2.75) is 39.3 Å². The standard InChI is InChI=1S/C22H27N3/c1-16-7-8-17(2)22(13-16)24-19-9-11-25(12-10-19)15-18-14-23-21-6-4-3-5-20(18)21/h3-8,13-14,19,23-24H,9-12,15H2,1-2H3. The van der Waals surface area contributed by atoms with Gasteiger partial charge in [-0.3, -0.25) is 4.90 Å². The van der Waals surface area contributed by atoms with Gasteiger partial charge in [0, 0.05) is 48.5 Å². The molecule has 1 fully saturated rings. The van der Waals surface area contributed by atoms with Crippen molar-refractivity contribution in [3.05, 3.63) is 65.4 Å². The number of rotatable bonds is 4. The zero-order valence-corrected chi connectivity index (χ0v) is 15.2. The Morgan fingerprint density at radius 2 is 1.88 bits per heavy atom. The maximum atomic E-state index is 3.77. The number of aromatic amines is 1. The number of anilines is 1. The minimum absolute atomic E-state index is 0.583. The predicted octanol–water partition coefficient (Wildman–Crippen LogP) is 4.86. The van der Waals surface area contributed by atoms with Gasteiger partial charge in [-0.25, -0.2) is 0 Å². The highest BCUT2D eigenvalue weighted by Crippen LogP contribution is 2.24. The van der Waals surface area contributed by atoms with E-state index in [9.17, 15) is 0 Å². The fourth-order valence-corrected chi connectivity index (χ4v) is 3.85. The van der Waals surface area contributed by atoms with Crippen LogP contribution in [0.1, 0.15) is 29.5 Å². The van der Waals surface area contributed by atoms with Gasteiger partial charge in [-0.2, -0.15) is 0 Å². The van der Waals surface area contributed by atoms with Crippen LogP contribution in [0.4, 0.5) is 5.69 Å². The zero-order valence-electron chi connectivity index (χ0n) is 15.2. The van der Waals surface area contributed by atoms with E-state index in [-0.39, 0.29) is 0 Å². The van der Waals surface area contributed by atoms with Crippen LogP contribution in [0.2, 0.25) is 0 Å². The van der Waals surface area contributed by atoms with Crippen LogP contribution in [-0.4, -0.2) is 29.0 Å². The molecule has 2 heterocycles. The molecule has 4 rings (SSSR count).